The molecule has 108 valence electrons. The number of nitrogens with zero attached hydrogens (tertiary/aromatic N) is 1. The van der Waals surface area contributed by atoms with E-state index in [0.717, 1.165) is 31.2 Å². The third kappa shape index (κ3) is 3.83. The van der Waals surface area contributed by atoms with Gasteiger partial charge in [-0.3, -0.25) is 4.90 Å². The minimum Gasteiger partial charge on any atom is -0.469 e. The van der Waals surface area contributed by atoms with Crippen LogP contribution in [0, 0.1) is 5.92 Å². The van der Waals surface area contributed by atoms with Crippen LogP contribution in [0.15, 0.2) is 22.8 Å². The summed E-state index contributed by atoms with van der Waals surface area (Å²) in [7, 11) is 0. The van der Waals surface area contributed by atoms with Crippen LogP contribution in [0.5, 0.6) is 0 Å². The summed E-state index contributed by atoms with van der Waals surface area (Å²) in [6, 6.07) is 5.38. The van der Waals surface area contributed by atoms with Gasteiger partial charge >= 0.3 is 0 Å². The Morgan fingerprint density at radius 3 is 2.95 bits per heavy atom. The zero-order chi connectivity index (χ0) is 13.7. The van der Waals surface area contributed by atoms with Crippen molar-refractivity contribution >= 4 is 0 Å². The fraction of sp³-hybridized carbons (Fsp3) is 0.750. The molecule has 19 heavy (non-hydrogen) atoms. The molecule has 0 bridgehead atoms. The molecule has 3 unspecified atom stereocenters. The Morgan fingerprint density at radius 2 is 2.32 bits per heavy atom. The van der Waals surface area contributed by atoms with E-state index >= 15 is 0 Å². The van der Waals surface area contributed by atoms with Crippen LogP contribution in [-0.4, -0.2) is 36.6 Å². The summed E-state index contributed by atoms with van der Waals surface area (Å²) in [6.07, 6.45) is 5.27. The van der Waals surface area contributed by atoms with Gasteiger partial charge in [0.1, 0.15) is 5.76 Å². The van der Waals surface area contributed by atoms with E-state index in [1.807, 2.05) is 6.07 Å². The van der Waals surface area contributed by atoms with Gasteiger partial charge in [0.25, 0.3) is 0 Å². The Morgan fingerprint density at radius 1 is 1.47 bits per heavy atom. The van der Waals surface area contributed by atoms with Crippen LogP contribution in [-0.2, 0) is 6.42 Å². The fourth-order valence-corrected chi connectivity index (χ4v) is 2.93. The zero-order valence-electron chi connectivity index (χ0n) is 12.6. The van der Waals surface area contributed by atoms with Gasteiger partial charge in [-0.05, 0) is 24.5 Å². The van der Waals surface area contributed by atoms with Gasteiger partial charge in [-0.25, -0.2) is 0 Å². The number of hydrogen-bond donors (Lipinski definition) is 1. The molecule has 1 fully saturated rings. The third-order valence-corrected chi connectivity index (χ3v) is 4.59. The summed E-state index contributed by atoms with van der Waals surface area (Å²) in [5.74, 6) is 1.86. The standard InChI is InChI=1S/C16H28N2O/c1-4-13(3)16-12-18(14(5-2)11-17-16)9-8-15-7-6-10-19-15/h6-7,10,13-14,16-17H,4-5,8-9,11-12H2,1-3H3. The maximum atomic E-state index is 5.45. The van der Waals surface area contributed by atoms with Crippen molar-refractivity contribution in [3.8, 4) is 0 Å². The summed E-state index contributed by atoms with van der Waals surface area (Å²) in [5, 5.41) is 3.73. The molecule has 0 saturated carbocycles. The monoisotopic (exact) mass is 264 g/mol. The fourth-order valence-electron chi connectivity index (χ4n) is 2.93. The average molecular weight is 264 g/mol. The maximum absolute atomic E-state index is 5.45. The maximum Gasteiger partial charge on any atom is 0.105 e. The largest absolute Gasteiger partial charge is 0.469 e. The lowest BCUT2D eigenvalue weighted by atomic mass is 9.94. The van der Waals surface area contributed by atoms with Crippen LogP contribution in [0.3, 0.4) is 0 Å². The molecule has 3 nitrogen and oxygen atoms in total. The van der Waals surface area contributed by atoms with Gasteiger partial charge in [-0.2, -0.15) is 0 Å². The highest BCUT2D eigenvalue weighted by Crippen LogP contribution is 2.17. The first-order valence-corrected chi connectivity index (χ1v) is 7.74. The lowest BCUT2D eigenvalue weighted by Gasteiger charge is -2.42. The smallest absolute Gasteiger partial charge is 0.105 e. The molecule has 1 aliphatic heterocycles. The zero-order valence-corrected chi connectivity index (χ0v) is 12.6. The van der Waals surface area contributed by atoms with Crippen molar-refractivity contribution in [2.24, 2.45) is 5.92 Å². The van der Waals surface area contributed by atoms with Crippen molar-refractivity contribution in [1.82, 2.24) is 10.2 Å². The second kappa shape index (κ2) is 7.11. The predicted molar refractivity (Wildman–Crippen MR) is 79.3 cm³/mol. The second-order valence-corrected chi connectivity index (χ2v) is 5.79. The van der Waals surface area contributed by atoms with Crippen LogP contribution in [0.25, 0.3) is 0 Å². The highest BCUT2D eigenvalue weighted by Gasteiger charge is 2.28. The summed E-state index contributed by atoms with van der Waals surface area (Å²) in [5.41, 5.74) is 0. The lowest BCUT2D eigenvalue weighted by Crippen LogP contribution is -2.58. The van der Waals surface area contributed by atoms with Gasteiger partial charge in [0.15, 0.2) is 0 Å². The molecular formula is C16H28N2O. The molecule has 0 amide bonds. The third-order valence-electron chi connectivity index (χ3n) is 4.59. The Balaban J connectivity index is 1.90. The van der Waals surface area contributed by atoms with Crippen LogP contribution < -0.4 is 5.32 Å². The first-order chi connectivity index (χ1) is 9.24. The van der Waals surface area contributed by atoms with Crippen LogP contribution in [0.1, 0.15) is 39.4 Å². The van der Waals surface area contributed by atoms with Crippen molar-refractivity contribution in [2.75, 3.05) is 19.6 Å². The highest BCUT2D eigenvalue weighted by atomic mass is 16.3. The number of furan rings is 1. The van der Waals surface area contributed by atoms with E-state index in [9.17, 15) is 0 Å². The van der Waals surface area contributed by atoms with Gasteiger partial charge in [0, 0.05) is 38.1 Å². The Hall–Kier alpha value is -0.800. The van der Waals surface area contributed by atoms with Gasteiger partial charge < -0.3 is 9.73 Å². The van der Waals surface area contributed by atoms with Gasteiger partial charge in [-0.15, -0.1) is 0 Å². The van der Waals surface area contributed by atoms with Crippen molar-refractivity contribution in [2.45, 2.75) is 52.1 Å². The molecule has 1 aromatic rings. The van der Waals surface area contributed by atoms with Crippen LogP contribution in [0.4, 0.5) is 0 Å². The van der Waals surface area contributed by atoms with E-state index in [1.54, 1.807) is 6.26 Å². The van der Waals surface area contributed by atoms with E-state index in [4.69, 9.17) is 4.42 Å². The van der Waals surface area contributed by atoms with E-state index in [-0.39, 0.29) is 0 Å². The van der Waals surface area contributed by atoms with Gasteiger partial charge in [-0.1, -0.05) is 27.2 Å². The average Bonchev–Trinajstić information content (AvgIpc) is 2.97. The number of nitrogens with one attached hydrogen (secondary N) is 1. The molecule has 3 heteroatoms. The summed E-state index contributed by atoms with van der Waals surface area (Å²) < 4.78 is 5.45. The van der Waals surface area contributed by atoms with E-state index in [1.165, 1.54) is 19.4 Å². The summed E-state index contributed by atoms with van der Waals surface area (Å²) in [6.45, 7) is 10.3. The first kappa shape index (κ1) is 14.6. The van der Waals surface area contributed by atoms with Crippen molar-refractivity contribution in [1.29, 1.82) is 0 Å². The Labute approximate surface area is 117 Å². The molecule has 2 rings (SSSR count). The minimum absolute atomic E-state index is 0.643. The molecule has 0 radical (unpaired) electrons. The molecule has 1 aliphatic rings. The molecule has 1 N–H and O–H groups in total. The molecule has 0 aliphatic carbocycles. The van der Waals surface area contributed by atoms with Crippen LogP contribution >= 0.6 is 0 Å². The van der Waals surface area contributed by atoms with Gasteiger partial charge in [0.2, 0.25) is 0 Å². The molecule has 0 spiro atoms. The molecule has 1 aromatic heterocycles. The number of rotatable bonds is 6. The van der Waals surface area contributed by atoms with E-state index < -0.39 is 0 Å². The normalized spacial score (nSPS) is 26.5. The second-order valence-electron chi connectivity index (χ2n) is 5.79. The molecule has 1 saturated heterocycles. The van der Waals surface area contributed by atoms with E-state index in [0.29, 0.717) is 12.1 Å². The Kier molecular flexibility index (Phi) is 5.46. The summed E-state index contributed by atoms with van der Waals surface area (Å²) in [4.78, 5) is 2.65. The SMILES string of the molecule is CCC(C)C1CN(CCc2ccco2)C(CC)CN1. The molecule has 0 aromatic carbocycles. The summed E-state index contributed by atoms with van der Waals surface area (Å²) >= 11 is 0. The van der Waals surface area contributed by atoms with Gasteiger partial charge in [0.05, 0.1) is 6.26 Å². The van der Waals surface area contributed by atoms with E-state index in [2.05, 4.69) is 37.1 Å². The predicted octanol–water partition coefficient (Wildman–Crippen LogP) is 2.92. The minimum atomic E-state index is 0.643. The topological polar surface area (TPSA) is 28.4 Å². The number of piperazine rings is 1. The van der Waals surface area contributed by atoms with Crippen LogP contribution in [0.2, 0.25) is 0 Å². The quantitative estimate of drug-likeness (QED) is 0.856. The lowest BCUT2D eigenvalue weighted by molar-refractivity contribution is 0.106. The molecule has 3 atom stereocenters. The first-order valence-electron chi connectivity index (χ1n) is 7.74. The highest BCUT2D eigenvalue weighted by molar-refractivity contribution is 4.99. The molecular weight excluding hydrogens is 236 g/mol. The number of hydrogen-bond acceptors (Lipinski definition) is 3. The van der Waals surface area contributed by atoms with Crippen molar-refractivity contribution in [3.63, 3.8) is 0 Å². The van der Waals surface area contributed by atoms with Crippen molar-refractivity contribution in [3.05, 3.63) is 24.2 Å². The Bertz CT molecular complexity index is 350. The molecule has 2 heterocycles. The van der Waals surface area contributed by atoms with Crippen molar-refractivity contribution < 1.29 is 4.42 Å².